The van der Waals surface area contributed by atoms with Gasteiger partial charge in [0.2, 0.25) is 0 Å². The van der Waals surface area contributed by atoms with Crippen LogP contribution in [0.2, 0.25) is 0 Å². The van der Waals surface area contributed by atoms with Crippen LogP contribution in [0.4, 0.5) is 10.9 Å². The van der Waals surface area contributed by atoms with E-state index in [2.05, 4.69) is 30.7 Å². The Kier molecular flexibility index (Phi) is 4.52. The number of anilines is 2. The minimum Gasteiger partial charge on any atom is -0.382 e. The van der Waals surface area contributed by atoms with Gasteiger partial charge in [-0.3, -0.25) is 4.79 Å². The molecule has 1 amide bonds. The monoisotopic (exact) mass is 296 g/mol. The highest BCUT2D eigenvalue weighted by Crippen LogP contribution is 2.31. The average molecular weight is 296 g/mol. The molecule has 20 heavy (non-hydrogen) atoms. The number of carbonyl (C=O) groups excluding carboxylic acids is 1. The first-order valence-electron chi connectivity index (χ1n) is 7.20. The van der Waals surface area contributed by atoms with E-state index in [-0.39, 0.29) is 11.9 Å². The van der Waals surface area contributed by atoms with Crippen molar-refractivity contribution < 1.29 is 4.79 Å². The van der Waals surface area contributed by atoms with Crippen molar-refractivity contribution in [2.75, 3.05) is 30.8 Å². The van der Waals surface area contributed by atoms with Crippen LogP contribution in [0, 0.1) is 5.92 Å². The molecule has 0 radical (unpaired) electrons. The number of aromatic nitrogens is 1. The molecule has 1 aliphatic rings. The number of hydrogen-bond donors (Lipinski definition) is 1. The molecule has 5 nitrogen and oxygen atoms in total. The molecule has 2 N–H and O–H groups in total. The zero-order valence-corrected chi connectivity index (χ0v) is 13.5. The Morgan fingerprint density at radius 2 is 1.95 bits per heavy atom. The predicted molar refractivity (Wildman–Crippen MR) is 84.4 cm³/mol. The predicted octanol–water partition coefficient (Wildman–Crippen LogP) is 2.44. The Morgan fingerprint density at radius 1 is 1.35 bits per heavy atom. The molecule has 1 aliphatic heterocycles. The summed E-state index contributed by atoms with van der Waals surface area (Å²) in [6.07, 6.45) is 2.38. The minimum atomic E-state index is -0.0216. The number of rotatable bonds is 4. The third kappa shape index (κ3) is 2.90. The maximum atomic E-state index is 12.5. The normalized spacial score (nSPS) is 16.8. The molecule has 0 saturated carbocycles. The topological polar surface area (TPSA) is 62.5 Å². The third-order valence-corrected chi connectivity index (χ3v) is 5.23. The molecule has 0 aromatic carbocycles. The molecule has 1 aromatic rings. The lowest BCUT2D eigenvalue weighted by molar-refractivity contribution is 0.0713. The number of nitrogens with two attached hydrogens (primary N) is 1. The Labute approximate surface area is 124 Å². The van der Waals surface area contributed by atoms with E-state index in [4.69, 9.17) is 5.73 Å². The molecule has 0 spiro atoms. The summed E-state index contributed by atoms with van der Waals surface area (Å²) in [6.45, 7) is 8.30. The van der Waals surface area contributed by atoms with Crippen LogP contribution in [0.1, 0.15) is 43.3 Å². The molecule has 1 unspecified atom stereocenters. The summed E-state index contributed by atoms with van der Waals surface area (Å²) in [4.78, 5) is 21.5. The van der Waals surface area contributed by atoms with Crippen molar-refractivity contribution in [1.29, 1.82) is 0 Å². The van der Waals surface area contributed by atoms with E-state index < -0.39 is 0 Å². The van der Waals surface area contributed by atoms with Crippen LogP contribution < -0.4 is 10.6 Å². The van der Waals surface area contributed by atoms with Crippen LogP contribution in [0.3, 0.4) is 0 Å². The Hall–Kier alpha value is -1.30. The number of amides is 1. The van der Waals surface area contributed by atoms with Crippen LogP contribution in [-0.4, -0.2) is 42.0 Å². The largest absolute Gasteiger partial charge is 0.382 e. The summed E-state index contributed by atoms with van der Waals surface area (Å²) in [6, 6.07) is 0.180. The van der Waals surface area contributed by atoms with Crippen molar-refractivity contribution in [3.63, 3.8) is 0 Å². The van der Waals surface area contributed by atoms with Crippen molar-refractivity contribution >= 4 is 28.2 Å². The number of hydrogen-bond acceptors (Lipinski definition) is 5. The van der Waals surface area contributed by atoms with Crippen molar-refractivity contribution in [3.8, 4) is 0 Å². The average Bonchev–Trinajstić information content (AvgIpc) is 3.04. The lowest BCUT2D eigenvalue weighted by Crippen LogP contribution is -2.38. The number of carbonyl (C=O) groups is 1. The second kappa shape index (κ2) is 5.99. The Balaban J connectivity index is 2.17. The van der Waals surface area contributed by atoms with Gasteiger partial charge in [-0.15, -0.1) is 0 Å². The van der Waals surface area contributed by atoms with Crippen LogP contribution >= 0.6 is 11.3 Å². The fourth-order valence-corrected chi connectivity index (χ4v) is 3.33. The van der Waals surface area contributed by atoms with E-state index in [9.17, 15) is 4.79 Å². The molecule has 1 atom stereocenters. The van der Waals surface area contributed by atoms with Gasteiger partial charge in [-0.05, 0) is 25.7 Å². The van der Waals surface area contributed by atoms with Gasteiger partial charge in [-0.25, -0.2) is 4.98 Å². The summed E-state index contributed by atoms with van der Waals surface area (Å²) in [5.74, 6) is 0.757. The van der Waals surface area contributed by atoms with Crippen molar-refractivity contribution in [1.82, 2.24) is 9.88 Å². The first kappa shape index (κ1) is 15.1. The second-order valence-corrected chi connectivity index (χ2v) is 6.78. The molecule has 1 saturated heterocycles. The highest BCUT2D eigenvalue weighted by molar-refractivity contribution is 7.18. The number of nitrogens with zero attached hydrogens (tertiary/aromatic N) is 3. The van der Waals surface area contributed by atoms with Gasteiger partial charge in [-0.1, -0.05) is 25.2 Å². The van der Waals surface area contributed by atoms with E-state index in [1.165, 1.54) is 24.2 Å². The highest BCUT2D eigenvalue weighted by Gasteiger charge is 2.26. The lowest BCUT2D eigenvalue weighted by Gasteiger charge is -2.27. The summed E-state index contributed by atoms with van der Waals surface area (Å²) in [7, 11) is 1.84. The maximum Gasteiger partial charge on any atom is 0.267 e. The zero-order chi connectivity index (χ0) is 14.9. The van der Waals surface area contributed by atoms with E-state index >= 15 is 0 Å². The quantitative estimate of drug-likeness (QED) is 0.927. The van der Waals surface area contributed by atoms with Crippen molar-refractivity contribution in [2.24, 2.45) is 5.92 Å². The lowest BCUT2D eigenvalue weighted by atomic mass is 10.1. The zero-order valence-electron chi connectivity index (χ0n) is 12.7. The van der Waals surface area contributed by atoms with Gasteiger partial charge >= 0.3 is 0 Å². The number of nitrogen functional groups attached to an aromatic ring is 1. The molecule has 2 rings (SSSR count). The molecule has 6 heteroatoms. The van der Waals surface area contributed by atoms with E-state index in [0.29, 0.717) is 16.6 Å². The Morgan fingerprint density at radius 3 is 2.50 bits per heavy atom. The molecule has 112 valence electrons. The van der Waals surface area contributed by atoms with Crippen LogP contribution in [0.25, 0.3) is 0 Å². The second-order valence-electron chi connectivity index (χ2n) is 5.81. The molecule has 1 fully saturated rings. The highest BCUT2D eigenvalue weighted by atomic mass is 32.1. The van der Waals surface area contributed by atoms with Crippen LogP contribution in [0.5, 0.6) is 0 Å². The third-order valence-electron chi connectivity index (χ3n) is 4.11. The minimum absolute atomic E-state index is 0.0216. The first-order chi connectivity index (χ1) is 9.41. The Bertz CT molecular complexity index is 480. The van der Waals surface area contributed by atoms with Crippen molar-refractivity contribution in [3.05, 3.63) is 4.88 Å². The van der Waals surface area contributed by atoms with Gasteiger partial charge in [0.25, 0.3) is 5.91 Å². The van der Waals surface area contributed by atoms with Gasteiger partial charge in [0, 0.05) is 26.2 Å². The summed E-state index contributed by atoms with van der Waals surface area (Å²) in [5, 5.41) is 0.883. The standard InChI is InChI=1S/C14H24N4OS/c1-9(2)10(3)17(4)13(19)11-12(15)16-14(20-11)18-7-5-6-8-18/h9-10H,5-8,15H2,1-4H3. The number of thiazole rings is 1. The van der Waals surface area contributed by atoms with Crippen LogP contribution in [-0.2, 0) is 0 Å². The van der Waals surface area contributed by atoms with Gasteiger partial charge in [0.15, 0.2) is 5.13 Å². The summed E-state index contributed by atoms with van der Waals surface area (Å²) in [5.41, 5.74) is 5.95. The van der Waals surface area contributed by atoms with Crippen molar-refractivity contribution in [2.45, 2.75) is 39.7 Å². The molecule has 2 heterocycles. The fourth-order valence-electron chi connectivity index (χ4n) is 2.31. The summed E-state index contributed by atoms with van der Waals surface area (Å²) >= 11 is 1.42. The maximum absolute atomic E-state index is 12.5. The molecular weight excluding hydrogens is 272 g/mol. The van der Waals surface area contributed by atoms with Gasteiger partial charge in [0.05, 0.1) is 0 Å². The summed E-state index contributed by atoms with van der Waals surface area (Å²) < 4.78 is 0. The van der Waals surface area contributed by atoms with Gasteiger partial charge < -0.3 is 15.5 Å². The molecule has 0 aliphatic carbocycles. The fraction of sp³-hybridized carbons (Fsp3) is 0.714. The molecular formula is C14H24N4OS. The molecule has 1 aromatic heterocycles. The molecule has 0 bridgehead atoms. The first-order valence-corrected chi connectivity index (χ1v) is 8.02. The smallest absolute Gasteiger partial charge is 0.267 e. The van der Waals surface area contributed by atoms with E-state index in [1.807, 2.05) is 7.05 Å². The van der Waals surface area contributed by atoms with Gasteiger partial charge in [-0.2, -0.15) is 0 Å². The van der Waals surface area contributed by atoms with Gasteiger partial charge in [0.1, 0.15) is 10.7 Å². The van der Waals surface area contributed by atoms with Crippen LogP contribution in [0.15, 0.2) is 0 Å². The van der Waals surface area contributed by atoms with E-state index in [1.54, 1.807) is 4.90 Å². The van der Waals surface area contributed by atoms with E-state index in [0.717, 1.165) is 18.2 Å². The SMILES string of the molecule is CC(C)C(C)N(C)C(=O)c1sc(N2CCCC2)nc1N.